The molecule has 0 aromatic rings. The van der Waals surface area contributed by atoms with Crippen LogP contribution in [0.15, 0.2) is 0 Å². The first-order valence-corrected chi connectivity index (χ1v) is 5.01. The minimum Gasteiger partial charge on any atom is -0.481 e. The summed E-state index contributed by atoms with van der Waals surface area (Å²) in [6, 6.07) is 0.601. The number of nitrogens with one attached hydrogen (secondary N) is 1. The van der Waals surface area contributed by atoms with Gasteiger partial charge in [0.15, 0.2) is 0 Å². The van der Waals surface area contributed by atoms with Crippen LogP contribution in [0.4, 0.5) is 0 Å². The van der Waals surface area contributed by atoms with Gasteiger partial charge in [-0.3, -0.25) is 4.79 Å². The van der Waals surface area contributed by atoms with Crippen molar-refractivity contribution >= 4 is 18.4 Å². The third kappa shape index (κ3) is 3.14. The van der Waals surface area contributed by atoms with E-state index >= 15 is 0 Å². The van der Waals surface area contributed by atoms with E-state index < -0.39 is 5.97 Å². The molecule has 3 unspecified atom stereocenters. The number of aliphatic carboxylic acids is 1. The summed E-state index contributed by atoms with van der Waals surface area (Å²) in [5.74, 6) is -0.269. The summed E-state index contributed by atoms with van der Waals surface area (Å²) in [6.07, 6.45) is 1.80. The fourth-order valence-corrected chi connectivity index (χ4v) is 2.01. The Morgan fingerprint density at radius 1 is 1.43 bits per heavy atom. The summed E-state index contributed by atoms with van der Waals surface area (Å²) in [7, 11) is 0. The molecule has 1 saturated heterocycles. The lowest BCUT2D eigenvalue weighted by Crippen LogP contribution is -2.50. The van der Waals surface area contributed by atoms with Crippen molar-refractivity contribution in [3.8, 4) is 0 Å². The maximum atomic E-state index is 10.8. The fourth-order valence-electron chi connectivity index (χ4n) is 2.01. The van der Waals surface area contributed by atoms with Crippen molar-refractivity contribution in [1.82, 2.24) is 5.32 Å². The van der Waals surface area contributed by atoms with Gasteiger partial charge in [0.25, 0.3) is 0 Å². The SMILES string of the molecule is CC(C)C1CCC(C(=O)O)C(C)N1.Cl. The third-order valence-corrected chi connectivity index (χ3v) is 2.99. The molecule has 1 rings (SSSR count). The summed E-state index contributed by atoms with van der Waals surface area (Å²) in [5.41, 5.74) is 0. The number of carboxylic acid groups (broad SMARTS) is 1. The van der Waals surface area contributed by atoms with Crippen LogP contribution in [-0.2, 0) is 4.79 Å². The first-order valence-electron chi connectivity index (χ1n) is 5.01. The second kappa shape index (κ2) is 5.56. The van der Waals surface area contributed by atoms with Crippen molar-refractivity contribution in [2.75, 3.05) is 0 Å². The quantitative estimate of drug-likeness (QED) is 0.749. The highest BCUT2D eigenvalue weighted by molar-refractivity contribution is 5.85. The average molecular weight is 222 g/mol. The molecular weight excluding hydrogens is 202 g/mol. The number of carbonyl (C=O) groups is 1. The summed E-state index contributed by atoms with van der Waals surface area (Å²) < 4.78 is 0. The molecule has 0 aromatic heterocycles. The van der Waals surface area contributed by atoms with Gasteiger partial charge < -0.3 is 10.4 Å². The van der Waals surface area contributed by atoms with Crippen molar-refractivity contribution in [1.29, 1.82) is 0 Å². The van der Waals surface area contributed by atoms with E-state index in [0.717, 1.165) is 12.8 Å². The minimum atomic E-state index is -0.665. The van der Waals surface area contributed by atoms with E-state index in [0.29, 0.717) is 12.0 Å². The Kier molecular flexibility index (Phi) is 5.45. The highest BCUT2D eigenvalue weighted by Crippen LogP contribution is 2.23. The molecule has 84 valence electrons. The van der Waals surface area contributed by atoms with Gasteiger partial charge in [-0.25, -0.2) is 0 Å². The average Bonchev–Trinajstić information content (AvgIpc) is 2.03. The Bertz CT molecular complexity index is 197. The van der Waals surface area contributed by atoms with Crippen LogP contribution < -0.4 is 5.32 Å². The normalized spacial score (nSPS) is 32.4. The largest absolute Gasteiger partial charge is 0.481 e. The van der Waals surface area contributed by atoms with Gasteiger partial charge in [0, 0.05) is 12.1 Å². The molecular formula is C10H20ClNO2. The first kappa shape index (κ1) is 13.7. The Hall–Kier alpha value is -0.280. The maximum Gasteiger partial charge on any atom is 0.308 e. The molecule has 1 fully saturated rings. The Balaban J connectivity index is 0.00000169. The summed E-state index contributed by atoms with van der Waals surface area (Å²) >= 11 is 0. The van der Waals surface area contributed by atoms with Crippen molar-refractivity contribution in [2.45, 2.75) is 45.7 Å². The van der Waals surface area contributed by atoms with Gasteiger partial charge in [-0.15, -0.1) is 12.4 Å². The molecule has 0 bridgehead atoms. The molecule has 0 radical (unpaired) electrons. The van der Waals surface area contributed by atoms with E-state index in [4.69, 9.17) is 5.11 Å². The molecule has 0 amide bonds. The van der Waals surface area contributed by atoms with Crippen LogP contribution >= 0.6 is 12.4 Å². The molecule has 1 aliphatic heterocycles. The smallest absolute Gasteiger partial charge is 0.308 e. The van der Waals surface area contributed by atoms with Crippen LogP contribution in [0.1, 0.15) is 33.6 Å². The van der Waals surface area contributed by atoms with Crippen molar-refractivity contribution in [2.24, 2.45) is 11.8 Å². The first-order chi connectivity index (χ1) is 6.02. The van der Waals surface area contributed by atoms with Gasteiger partial charge in [-0.05, 0) is 25.7 Å². The van der Waals surface area contributed by atoms with Gasteiger partial charge in [0.1, 0.15) is 0 Å². The van der Waals surface area contributed by atoms with Gasteiger partial charge >= 0.3 is 5.97 Å². The van der Waals surface area contributed by atoms with E-state index in [1.807, 2.05) is 6.92 Å². The molecule has 2 N–H and O–H groups in total. The minimum absolute atomic E-state index is 0. The molecule has 1 aliphatic rings. The maximum absolute atomic E-state index is 10.8. The molecule has 1 heterocycles. The lowest BCUT2D eigenvalue weighted by molar-refractivity contribution is -0.143. The van der Waals surface area contributed by atoms with Crippen molar-refractivity contribution in [3.05, 3.63) is 0 Å². The lowest BCUT2D eigenvalue weighted by atomic mass is 9.84. The van der Waals surface area contributed by atoms with Gasteiger partial charge in [0.2, 0.25) is 0 Å². The zero-order chi connectivity index (χ0) is 10.0. The van der Waals surface area contributed by atoms with Crippen LogP contribution in [0.25, 0.3) is 0 Å². The number of hydrogen-bond acceptors (Lipinski definition) is 2. The van der Waals surface area contributed by atoms with Crippen molar-refractivity contribution in [3.63, 3.8) is 0 Å². The Morgan fingerprint density at radius 3 is 2.36 bits per heavy atom. The molecule has 4 heteroatoms. The highest BCUT2D eigenvalue weighted by Gasteiger charge is 2.32. The molecule has 0 aromatic carbocycles. The van der Waals surface area contributed by atoms with E-state index in [-0.39, 0.29) is 24.4 Å². The Morgan fingerprint density at radius 2 is 2.00 bits per heavy atom. The number of halogens is 1. The second-order valence-corrected chi connectivity index (χ2v) is 4.33. The number of hydrogen-bond donors (Lipinski definition) is 2. The highest BCUT2D eigenvalue weighted by atomic mass is 35.5. The van der Waals surface area contributed by atoms with Crippen LogP contribution in [0.3, 0.4) is 0 Å². The second-order valence-electron chi connectivity index (χ2n) is 4.33. The molecule has 14 heavy (non-hydrogen) atoms. The fraction of sp³-hybridized carbons (Fsp3) is 0.900. The molecule has 3 atom stereocenters. The van der Waals surface area contributed by atoms with Gasteiger partial charge in [-0.1, -0.05) is 13.8 Å². The van der Waals surface area contributed by atoms with E-state index in [2.05, 4.69) is 19.2 Å². The Labute approximate surface area is 91.7 Å². The van der Waals surface area contributed by atoms with E-state index in [9.17, 15) is 4.79 Å². The molecule has 0 spiro atoms. The summed E-state index contributed by atoms with van der Waals surface area (Å²) in [4.78, 5) is 10.8. The van der Waals surface area contributed by atoms with Gasteiger partial charge in [0.05, 0.1) is 5.92 Å². The topological polar surface area (TPSA) is 49.3 Å². The zero-order valence-corrected chi connectivity index (χ0v) is 9.80. The van der Waals surface area contributed by atoms with E-state index in [1.165, 1.54) is 0 Å². The van der Waals surface area contributed by atoms with Crippen molar-refractivity contribution < 1.29 is 9.90 Å². The standard InChI is InChI=1S/C10H19NO2.ClH/c1-6(2)9-5-4-8(10(12)13)7(3)11-9;/h6-9,11H,4-5H2,1-3H3,(H,12,13);1H. The number of carboxylic acids is 1. The predicted molar refractivity (Wildman–Crippen MR) is 58.8 cm³/mol. The predicted octanol–water partition coefficient (Wildman–Crippen LogP) is 1.91. The van der Waals surface area contributed by atoms with Crippen LogP contribution in [0.2, 0.25) is 0 Å². The zero-order valence-electron chi connectivity index (χ0n) is 8.99. The molecule has 3 nitrogen and oxygen atoms in total. The third-order valence-electron chi connectivity index (χ3n) is 2.99. The van der Waals surface area contributed by atoms with Gasteiger partial charge in [-0.2, -0.15) is 0 Å². The summed E-state index contributed by atoms with van der Waals surface area (Å²) in [6.45, 7) is 6.31. The monoisotopic (exact) mass is 221 g/mol. The summed E-state index contributed by atoms with van der Waals surface area (Å²) in [5, 5.41) is 12.3. The number of rotatable bonds is 2. The molecule has 0 saturated carbocycles. The van der Waals surface area contributed by atoms with Crippen LogP contribution in [0, 0.1) is 11.8 Å². The van der Waals surface area contributed by atoms with Crippen LogP contribution in [-0.4, -0.2) is 23.2 Å². The molecule has 0 aliphatic carbocycles. The van der Waals surface area contributed by atoms with E-state index in [1.54, 1.807) is 0 Å². The number of piperidine rings is 1. The van der Waals surface area contributed by atoms with Crippen LogP contribution in [0.5, 0.6) is 0 Å². The lowest BCUT2D eigenvalue weighted by Gasteiger charge is -2.35.